The van der Waals surface area contributed by atoms with E-state index in [-0.39, 0.29) is 6.04 Å². The Kier molecular flexibility index (Phi) is 10.5. The lowest BCUT2D eigenvalue weighted by molar-refractivity contribution is 0.413. The second kappa shape index (κ2) is 13.6. The van der Waals surface area contributed by atoms with Crippen LogP contribution in [-0.4, -0.2) is 42.8 Å². The summed E-state index contributed by atoms with van der Waals surface area (Å²) in [4.78, 5) is 8.28. The Morgan fingerprint density at radius 3 is 2.58 bits per heavy atom. The number of rotatable bonds is 10. The molecular formula is C32H39ClN4S. The van der Waals surface area contributed by atoms with Gasteiger partial charge in [0.15, 0.2) is 0 Å². The molecule has 38 heavy (non-hydrogen) atoms. The lowest BCUT2D eigenvalue weighted by Crippen LogP contribution is -2.32. The number of halogens is 1. The number of hydrogen-bond acceptors (Lipinski definition) is 5. The molecule has 1 aromatic carbocycles. The van der Waals surface area contributed by atoms with Crippen molar-refractivity contribution >= 4 is 51.6 Å². The molecule has 2 heterocycles. The number of para-hydroxylation sites is 1. The largest absolute Gasteiger partial charge is 0.370 e. The summed E-state index contributed by atoms with van der Waals surface area (Å²) >= 11 is 8.34. The van der Waals surface area contributed by atoms with Crippen LogP contribution in [0.1, 0.15) is 49.6 Å². The van der Waals surface area contributed by atoms with Crippen LogP contribution in [0.25, 0.3) is 17.2 Å². The summed E-state index contributed by atoms with van der Waals surface area (Å²) in [7, 11) is 6.23. The van der Waals surface area contributed by atoms with E-state index in [0.717, 1.165) is 51.4 Å². The minimum atomic E-state index is 0.190. The van der Waals surface area contributed by atoms with Gasteiger partial charge in [-0.2, -0.15) is 0 Å². The number of likely N-dealkylation sites (tertiary alicyclic amines) is 1. The first-order chi connectivity index (χ1) is 18.2. The fourth-order valence-corrected chi connectivity index (χ4v) is 5.66. The molecule has 0 bridgehead atoms. The van der Waals surface area contributed by atoms with Crippen LogP contribution in [0.3, 0.4) is 0 Å². The number of aliphatic imine (C=N–C) groups is 1. The topological polar surface area (TPSA) is 22.1 Å². The summed E-state index contributed by atoms with van der Waals surface area (Å²) in [6, 6.07) is 10.7. The van der Waals surface area contributed by atoms with Gasteiger partial charge in [-0.25, -0.2) is 10.0 Å². The fraction of sp³-hybridized carbons (Fsp3) is 0.281. The Balaban J connectivity index is 1.92. The van der Waals surface area contributed by atoms with Crippen LogP contribution < -0.4 is 5.01 Å². The second-order valence-corrected chi connectivity index (χ2v) is 10.8. The van der Waals surface area contributed by atoms with Crippen molar-refractivity contribution in [3.63, 3.8) is 0 Å². The van der Waals surface area contributed by atoms with Gasteiger partial charge in [-0.05, 0) is 73.9 Å². The fourth-order valence-electron chi connectivity index (χ4n) is 4.62. The van der Waals surface area contributed by atoms with Gasteiger partial charge in [-0.15, -0.1) is 11.3 Å². The molecule has 200 valence electrons. The highest BCUT2D eigenvalue weighted by Gasteiger charge is 2.28. The smallest absolute Gasteiger partial charge is 0.132 e. The standard InChI is InChI=1S/C32H39ClN4S/c1-9-14-25(29-15-12-13-16-31(29)37(19-10-2)35(6)7)20-27-17-18-30(36(27)8)24(5)34-32(33)23(4)26-21-28(11-3)38-22-26/h9-16,19-22,30H,1,3,17-18H2,2,4-8H3/b19-10?,25-14+,27-20-,32-23+,34-24+. The zero-order valence-corrected chi connectivity index (χ0v) is 25.0. The minimum absolute atomic E-state index is 0.190. The number of benzene rings is 1. The van der Waals surface area contributed by atoms with E-state index in [9.17, 15) is 0 Å². The van der Waals surface area contributed by atoms with Crippen LogP contribution in [0.5, 0.6) is 0 Å². The van der Waals surface area contributed by atoms with Gasteiger partial charge in [-0.3, -0.25) is 5.01 Å². The summed E-state index contributed by atoms with van der Waals surface area (Å²) in [5.74, 6) is 0. The Labute approximate surface area is 237 Å². The van der Waals surface area contributed by atoms with Gasteiger partial charge < -0.3 is 4.90 Å². The molecule has 2 aromatic rings. The molecule has 1 unspecified atom stereocenters. The SMILES string of the molecule is C=C/C=C(\C=C1\CCC(/C(C)=N/C(Cl)=C(\C)c2csc(C=C)c2)N1C)c1ccccc1N(C=CC)N(C)C. The van der Waals surface area contributed by atoms with Crippen LogP contribution in [0, 0.1) is 0 Å². The maximum atomic E-state index is 6.68. The highest BCUT2D eigenvalue weighted by Crippen LogP contribution is 2.34. The normalized spacial score (nSPS) is 18.5. The van der Waals surface area contributed by atoms with Crippen LogP contribution >= 0.6 is 22.9 Å². The molecule has 1 aliphatic rings. The monoisotopic (exact) mass is 546 g/mol. The minimum Gasteiger partial charge on any atom is -0.370 e. The van der Waals surface area contributed by atoms with Crippen molar-refractivity contribution in [1.82, 2.24) is 9.91 Å². The predicted molar refractivity (Wildman–Crippen MR) is 170 cm³/mol. The van der Waals surface area contributed by atoms with E-state index in [1.807, 2.05) is 46.2 Å². The Hall–Kier alpha value is -3.12. The Morgan fingerprint density at radius 2 is 1.95 bits per heavy atom. The van der Waals surface area contributed by atoms with E-state index in [1.165, 1.54) is 5.70 Å². The average Bonchev–Trinajstić information content (AvgIpc) is 3.53. The average molecular weight is 547 g/mol. The van der Waals surface area contributed by atoms with E-state index in [2.05, 4.69) is 96.1 Å². The first-order valence-corrected chi connectivity index (χ1v) is 14.0. The van der Waals surface area contributed by atoms with Gasteiger partial charge in [-0.1, -0.05) is 67.3 Å². The van der Waals surface area contributed by atoms with Gasteiger partial charge in [0.1, 0.15) is 5.16 Å². The first-order valence-electron chi connectivity index (χ1n) is 12.8. The van der Waals surface area contributed by atoms with Crippen molar-refractivity contribution < 1.29 is 0 Å². The maximum Gasteiger partial charge on any atom is 0.132 e. The molecule has 0 radical (unpaired) electrons. The van der Waals surface area contributed by atoms with E-state index in [1.54, 1.807) is 11.3 Å². The Bertz CT molecular complexity index is 1310. The van der Waals surface area contributed by atoms with Crippen molar-refractivity contribution in [2.45, 2.75) is 39.7 Å². The number of anilines is 1. The van der Waals surface area contributed by atoms with Crippen molar-refractivity contribution in [1.29, 1.82) is 0 Å². The summed E-state index contributed by atoms with van der Waals surface area (Å²) < 4.78 is 0. The van der Waals surface area contributed by atoms with E-state index in [0.29, 0.717) is 5.16 Å². The van der Waals surface area contributed by atoms with E-state index < -0.39 is 0 Å². The van der Waals surface area contributed by atoms with E-state index >= 15 is 0 Å². The van der Waals surface area contributed by atoms with Crippen molar-refractivity contribution in [3.05, 3.63) is 106 Å². The second-order valence-electron chi connectivity index (χ2n) is 9.46. The molecular weight excluding hydrogens is 508 g/mol. The molecule has 0 aliphatic carbocycles. The quantitative estimate of drug-likeness (QED) is 0.129. The van der Waals surface area contributed by atoms with Crippen LogP contribution in [0.2, 0.25) is 0 Å². The molecule has 1 atom stereocenters. The zero-order chi connectivity index (χ0) is 27.8. The number of allylic oxidation sites excluding steroid dienone is 7. The molecule has 0 N–H and O–H groups in total. The van der Waals surface area contributed by atoms with Gasteiger partial charge in [0.05, 0.1) is 11.7 Å². The number of hydrogen-bond donors (Lipinski definition) is 0. The highest BCUT2D eigenvalue weighted by atomic mass is 35.5. The van der Waals surface area contributed by atoms with Crippen LogP contribution in [0.15, 0.2) is 95.2 Å². The molecule has 4 nitrogen and oxygen atoms in total. The number of hydrazine groups is 1. The summed E-state index contributed by atoms with van der Waals surface area (Å²) in [5, 5.41) is 6.85. The molecule has 1 aliphatic heterocycles. The third-order valence-electron chi connectivity index (χ3n) is 6.72. The van der Waals surface area contributed by atoms with Gasteiger partial charge in [0, 0.05) is 49.2 Å². The van der Waals surface area contributed by atoms with E-state index in [4.69, 9.17) is 16.6 Å². The molecule has 3 rings (SSSR count). The molecule has 0 spiro atoms. The first kappa shape index (κ1) is 29.4. The lowest BCUT2D eigenvalue weighted by atomic mass is 10.0. The van der Waals surface area contributed by atoms with Gasteiger partial charge >= 0.3 is 0 Å². The molecule has 6 heteroatoms. The Morgan fingerprint density at radius 1 is 1.21 bits per heavy atom. The zero-order valence-electron chi connectivity index (χ0n) is 23.4. The molecule has 1 fully saturated rings. The molecule has 1 aromatic heterocycles. The maximum absolute atomic E-state index is 6.68. The van der Waals surface area contributed by atoms with Crippen molar-refractivity contribution in [2.24, 2.45) is 4.99 Å². The van der Waals surface area contributed by atoms with Crippen molar-refractivity contribution in [3.8, 4) is 0 Å². The molecule has 0 saturated carbocycles. The van der Waals surface area contributed by atoms with Gasteiger partial charge in [0.25, 0.3) is 0 Å². The number of nitrogens with zero attached hydrogens (tertiary/aromatic N) is 4. The summed E-state index contributed by atoms with van der Waals surface area (Å²) in [6.45, 7) is 14.0. The number of thiophene rings is 1. The summed E-state index contributed by atoms with van der Waals surface area (Å²) in [5.41, 5.74) is 7.72. The van der Waals surface area contributed by atoms with Crippen LogP contribution in [-0.2, 0) is 0 Å². The molecule has 0 amide bonds. The lowest BCUT2D eigenvalue weighted by Gasteiger charge is -2.30. The predicted octanol–water partition coefficient (Wildman–Crippen LogP) is 8.84. The molecule has 1 saturated heterocycles. The third kappa shape index (κ3) is 6.84. The van der Waals surface area contributed by atoms with Crippen molar-refractivity contribution in [2.75, 3.05) is 26.2 Å². The summed E-state index contributed by atoms with van der Waals surface area (Å²) in [6.07, 6.45) is 14.1. The highest BCUT2D eigenvalue weighted by molar-refractivity contribution is 7.11. The van der Waals surface area contributed by atoms with Gasteiger partial charge in [0.2, 0.25) is 0 Å². The third-order valence-corrected chi connectivity index (χ3v) is 8.01. The van der Waals surface area contributed by atoms with Crippen LogP contribution in [0.4, 0.5) is 5.69 Å².